The molecule has 29 heavy (non-hydrogen) atoms. The summed E-state index contributed by atoms with van der Waals surface area (Å²) < 4.78 is 11.8. The first kappa shape index (κ1) is 19.5. The number of para-hydroxylation sites is 2. The fourth-order valence-electron chi connectivity index (χ4n) is 3.85. The molecule has 1 aliphatic heterocycles. The maximum Gasteiger partial charge on any atom is 0.263 e. The van der Waals surface area contributed by atoms with Crippen molar-refractivity contribution in [3.05, 3.63) is 60.0 Å². The highest BCUT2D eigenvalue weighted by Crippen LogP contribution is 2.30. The number of hydrogen-bond acceptors (Lipinski definition) is 4. The SMILES string of the molecule is CC(C)c1ccc(O[C@@H](C)C(=O)N2CCC(c3nc4ccccc4o3)CC2)cc1. The predicted octanol–water partition coefficient (Wildman–Crippen LogP) is 5.12. The minimum Gasteiger partial charge on any atom is -0.481 e. The standard InChI is InChI=1S/C24H28N2O3/c1-16(2)18-8-10-20(11-9-18)28-17(3)24(27)26-14-12-19(13-15-26)23-25-21-6-4-5-7-22(21)29-23/h4-11,16-17,19H,12-15H2,1-3H3/t17-/m0/s1. The third kappa shape index (κ3) is 4.29. The minimum absolute atomic E-state index is 0.0361. The van der Waals surface area contributed by atoms with Crippen LogP contribution in [0.5, 0.6) is 5.75 Å². The molecule has 0 spiro atoms. The van der Waals surface area contributed by atoms with Crippen molar-refractivity contribution in [3.63, 3.8) is 0 Å². The summed E-state index contributed by atoms with van der Waals surface area (Å²) in [5, 5.41) is 0. The van der Waals surface area contributed by atoms with Gasteiger partial charge in [-0.2, -0.15) is 0 Å². The largest absolute Gasteiger partial charge is 0.481 e. The molecule has 4 rings (SSSR count). The van der Waals surface area contributed by atoms with Crippen molar-refractivity contribution in [2.45, 2.75) is 51.6 Å². The maximum atomic E-state index is 12.8. The average Bonchev–Trinajstić information content (AvgIpc) is 3.18. The van der Waals surface area contributed by atoms with Gasteiger partial charge in [0.25, 0.3) is 5.91 Å². The lowest BCUT2D eigenvalue weighted by Gasteiger charge is -2.32. The van der Waals surface area contributed by atoms with Crippen LogP contribution in [0.2, 0.25) is 0 Å². The van der Waals surface area contributed by atoms with Crippen LogP contribution in [-0.2, 0) is 4.79 Å². The molecule has 152 valence electrons. The zero-order valence-electron chi connectivity index (χ0n) is 17.3. The number of oxazole rings is 1. The second-order valence-electron chi connectivity index (χ2n) is 8.10. The van der Waals surface area contributed by atoms with E-state index in [1.54, 1.807) is 0 Å². The number of hydrogen-bond donors (Lipinski definition) is 0. The van der Waals surface area contributed by atoms with Crippen LogP contribution in [0.15, 0.2) is 52.9 Å². The molecule has 0 aliphatic carbocycles. The molecule has 0 unspecified atom stereocenters. The summed E-state index contributed by atoms with van der Waals surface area (Å²) >= 11 is 0. The van der Waals surface area contributed by atoms with Crippen LogP contribution in [0.4, 0.5) is 0 Å². The lowest BCUT2D eigenvalue weighted by molar-refractivity contribution is -0.139. The zero-order valence-corrected chi connectivity index (χ0v) is 17.3. The van der Waals surface area contributed by atoms with E-state index in [0.717, 1.165) is 35.6 Å². The van der Waals surface area contributed by atoms with Gasteiger partial charge in [0, 0.05) is 19.0 Å². The van der Waals surface area contributed by atoms with E-state index in [2.05, 4.69) is 31.0 Å². The highest BCUT2D eigenvalue weighted by Gasteiger charge is 2.29. The Kier molecular flexibility index (Phi) is 5.56. The molecule has 1 amide bonds. The molecule has 3 aromatic rings. The Labute approximate surface area is 171 Å². The molecule has 1 saturated heterocycles. The lowest BCUT2D eigenvalue weighted by atomic mass is 9.96. The number of fused-ring (bicyclic) bond motifs is 1. The van der Waals surface area contributed by atoms with Gasteiger partial charge in [0.1, 0.15) is 11.3 Å². The first-order valence-electron chi connectivity index (χ1n) is 10.4. The van der Waals surface area contributed by atoms with Crippen LogP contribution in [0, 0.1) is 0 Å². The molecule has 2 aromatic carbocycles. The van der Waals surface area contributed by atoms with Crippen molar-refractivity contribution < 1.29 is 13.9 Å². The summed E-state index contributed by atoms with van der Waals surface area (Å²) in [5.74, 6) is 2.29. The third-order valence-corrected chi connectivity index (χ3v) is 5.67. The summed E-state index contributed by atoms with van der Waals surface area (Å²) in [6.07, 6.45) is 1.21. The van der Waals surface area contributed by atoms with Gasteiger partial charge in [-0.3, -0.25) is 4.79 Å². The molecule has 0 saturated carbocycles. The summed E-state index contributed by atoms with van der Waals surface area (Å²) in [6.45, 7) is 7.54. The third-order valence-electron chi connectivity index (χ3n) is 5.67. The van der Waals surface area contributed by atoms with Crippen LogP contribution in [0.1, 0.15) is 56.9 Å². The van der Waals surface area contributed by atoms with Gasteiger partial charge in [-0.25, -0.2) is 4.98 Å². The Morgan fingerprint density at radius 2 is 1.76 bits per heavy atom. The van der Waals surface area contributed by atoms with Crippen molar-refractivity contribution in [2.75, 3.05) is 13.1 Å². The zero-order chi connectivity index (χ0) is 20.4. The molecule has 1 atom stereocenters. The van der Waals surface area contributed by atoms with Gasteiger partial charge in [-0.15, -0.1) is 0 Å². The summed E-state index contributed by atoms with van der Waals surface area (Å²) in [7, 11) is 0. The average molecular weight is 392 g/mol. The maximum absolute atomic E-state index is 12.8. The van der Waals surface area contributed by atoms with Gasteiger partial charge in [0.05, 0.1) is 0 Å². The second kappa shape index (κ2) is 8.27. The van der Waals surface area contributed by atoms with E-state index in [1.807, 2.05) is 48.2 Å². The first-order valence-corrected chi connectivity index (χ1v) is 10.4. The van der Waals surface area contributed by atoms with Gasteiger partial charge >= 0.3 is 0 Å². The molecule has 0 radical (unpaired) electrons. The first-order chi connectivity index (χ1) is 14.0. The van der Waals surface area contributed by atoms with Crippen molar-refractivity contribution >= 4 is 17.0 Å². The van der Waals surface area contributed by atoms with Crippen LogP contribution < -0.4 is 4.74 Å². The van der Waals surface area contributed by atoms with Gasteiger partial charge in [0.2, 0.25) is 0 Å². The van der Waals surface area contributed by atoms with E-state index in [4.69, 9.17) is 9.15 Å². The second-order valence-corrected chi connectivity index (χ2v) is 8.10. The van der Waals surface area contributed by atoms with E-state index >= 15 is 0 Å². The fourth-order valence-corrected chi connectivity index (χ4v) is 3.85. The number of amides is 1. The van der Waals surface area contributed by atoms with Crippen molar-refractivity contribution in [1.82, 2.24) is 9.88 Å². The fraction of sp³-hybridized carbons (Fsp3) is 0.417. The van der Waals surface area contributed by atoms with Crippen LogP contribution in [-0.4, -0.2) is 35.0 Å². The summed E-state index contributed by atoms with van der Waals surface area (Å²) in [5.41, 5.74) is 2.98. The lowest BCUT2D eigenvalue weighted by Crippen LogP contribution is -2.44. The van der Waals surface area contributed by atoms with Crippen molar-refractivity contribution in [3.8, 4) is 5.75 Å². The molecule has 0 N–H and O–H groups in total. The normalized spacial score (nSPS) is 16.3. The monoisotopic (exact) mass is 392 g/mol. The minimum atomic E-state index is -0.499. The van der Waals surface area contributed by atoms with E-state index in [0.29, 0.717) is 19.0 Å². The topological polar surface area (TPSA) is 55.6 Å². The molecule has 1 aliphatic rings. The molecular weight excluding hydrogens is 364 g/mol. The molecular formula is C24H28N2O3. The highest BCUT2D eigenvalue weighted by atomic mass is 16.5. The van der Waals surface area contributed by atoms with E-state index < -0.39 is 6.10 Å². The predicted molar refractivity (Wildman–Crippen MR) is 113 cm³/mol. The molecule has 1 fully saturated rings. The number of rotatable bonds is 5. The van der Waals surface area contributed by atoms with Crippen LogP contribution in [0.3, 0.4) is 0 Å². The van der Waals surface area contributed by atoms with Gasteiger partial charge < -0.3 is 14.1 Å². The van der Waals surface area contributed by atoms with E-state index in [9.17, 15) is 4.79 Å². The van der Waals surface area contributed by atoms with Crippen LogP contribution in [0.25, 0.3) is 11.1 Å². The Balaban J connectivity index is 1.33. The van der Waals surface area contributed by atoms with Crippen LogP contribution >= 0.6 is 0 Å². The number of carbonyl (C=O) groups is 1. The summed E-state index contributed by atoms with van der Waals surface area (Å²) in [4.78, 5) is 19.3. The molecule has 5 heteroatoms. The Morgan fingerprint density at radius 1 is 1.07 bits per heavy atom. The highest BCUT2D eigenvalue weighted by molar-refractivity contribution is 5.81. The van der Waals surface area contributed by atoms with Gasteiger partial charge in [0.15, 0.2) is 17.6 Å². The van der Waals surface area contributed by atoms with Crippen molar-refractivity contribution in [1.29, 1.82) is 0 Å². The molecule has 2 heterocycles. The quantitative estimate of drug-likeness (QED) is 0.604. The number of piperidine rings is 1. The summed E-state index contributed by atoms with van der Waals surface area (Å²) in [6, 6.07) is 15.8. The smallest absolute Gasteiger partial charge is 0.263 e. The molecule has 0 bridgehead atoms. The number of carbonyl (C=O) groups excluding carboxylic acids is 1. The van der Waals surface area contributed by atoms with Crippen molar-refractivity contribution in [2.24, 2.45) is 0 Å². The van der Waals surface area contributed by atoms with E-state index in [-0.39, 0.29) is 11.8 Å². The Bertz CT molecular complexity index is 936. The van der Waals surface area contributed by atoms with Gasteiger partial charge in [-0.1, -0.05) is 38.1 Å². The van der Waals surface area contributed by atoms with Gasteiger partial charge in [-0.05, 0) is 55.5 Å². The molecule has 5 nitrogen and oxygen atoms in total. The number of likely N-dealkylation sites (tertiary alicyclic amines) is 1. The number of aromatic nitrogens is 1. The Hall–Kier alpha value is -2.82. The molecule has 1 aromatic heterocycles. The number of nitrogens with zero attached hydrogens (tertiary/aromatic N) is 2. The number of ether oxygens (including phenoxy) is 1. The van der Waals surface area contributed by atoms with E-state index in [1.165, 1.54) is 5.56 Å². The Morgan fingerprint density at radius 3 is 2.41 bits per heavy atom. The number of benzene rings is 2.